The molecule has 0 amide bonds. The predicted octanol–water partition coefficient (Wildman–Crippen LogP) is 1.57. The third-order valence-corrected chi connectivity index (χ3v) is 5.12. The van der Waals surface area contributed by atoms with Crippen LogP contribution in [-0.4, -0.2) is 33.6 Å². The van der Waals surface area contributed by atoms with E-state index >= 15 is 0 Å². The molecule has 0 fully saturated rings. The van der Waals surface area contributed by atoms with Gasteiger partial charge in [0.2, 0.25) is 10.0 Å². The zero-order chi connectivity index (χ0) is 15.2. The molecule has 114 valence electrons. The van der Waals surface area contributed by atoms with Gasteiger partial charge in [0.05, 0.1) is 7.11 Å². The molecule has 1 unspecified atom stereocenters. The van der Waals surface area contributed by atoms with Crippen molar-refractivity contribution in [3.8, 4) is 5.75 Å². The van der Waals surface area contributed by atoms with Gasteiger partial charge < -0.3 is 10.5 Å². The van der Waals surface area contributed by atoms with Crippen molar-refractivity contribution in [2.45, 2.75) is 30.8 Å². The van der Waals surface area contributed by atoms with E-state index in [1.807, 2.05) is 13.2 Å². The minimum atomic E-state index is -3.61. The number of ether oxygens (including phenoxy) is 1. The normalized spacial score (nSPS) is 13.2. The molecule has 1 aromatic carbocycles. The molecule has 0 aromatic heterocycles. The van der Waals surface area contributed by atoms with Crippen LogP contribution >= 0.6 is 11.8 Å². The summed E-state index contributed by atoms with van der Waals surface area (Å²) < 4.78 is 32.6. The molecule has 1 rings (SSSR count). The maximum Gasteiger partial charge on any atom is 0.244 e. The zero-order valence-electron chi connectivity index (χ0n) is 12.0. The average Bonchev–Trinajstić information content (AvgIpc) is 2.43. The predicted molar refractivity (Wildman–Crippen MR) is 83.7 cm³/mol. The second-order valence-corrected chi connectivity index (χ2v) is 7.16. The summed E-state index contributed by atoms with van der Waals surface area (Å²) in [6.45, 7) is 2.14. The molecular formula is C13H22N2O3S2. The van der Waals surface area contributed by atoms with Crippen molar-refractivity contribution in [2.24, 2.45) is 5.73 Å². The van der Waals surface area contributed by atoms with Crippen LogP contribution in [0.2, 0.25) is 0 Å². The highest BCUT2D eigenvalue weighted by Crippen LogP contribution is 2.25. The molecule has 1 atom stereocenters. The highest BCUT2D eigenvalue weighted by molar-refractivity contribution is 7.98. The summed E-state index contributed by atoms with van der Waals surface area (Å²) in [5.41, 5.74) is 6.31. The highest BCUT2D eigenvalue weighted by atomic mass is 32.2. The van der Waals surface area contributed by atoms with E-state index < -0.39 is 10.0 Å². The fraction of sp³-hybridized carbons (Fsp3) is 0.538. The molecule has 0 aliphatic rings. The second kappa shape index (κ2) is 7.87. The Morgan fingerprint density at radius 1 is 1.45 bits per heavy atom. The van der Waals surface area contributed by atoms with E-state index in [0.717, 1.165) is 17.7 Å². The SMILES string of the molecule is COc1ccc(CN)cc1S(=O)(=O)NC(C)CCSC. The van der Waals surface area contributed by atoms with Gasteiger partial charge in [-0.05, 0) is 43.0 Å². The number of thioether (sulfide) groups is 1. The van der Waals surface area contributed by atoms with Gasteiger partial charge >= 0.3 is 0 Å². The van der Waals surface area contributed by atoms with E-state index in [1.54, 1.807) is 30.0 Å². The molecule has 1 aromatic rings. The summed E-state index contributed by atoms with van der Waals surface area (Å²) in [5.74, 6) is 1.23. The van der Waals surface area contributed by atoms with Gasteiger partial charge in [-0.1, -0.05) is 6.07 Å². The van der Waals surface area contributed by atoms with Crippen molar-refractivity contribution in [1.29, 1.82) is 0 Å². The Balaban J connectivity index is 3.01. The highest BCUT2D eigenvalue weighted by Gasteiger charge is 2.22. The number of methoxy groups -OCH3 is 1. The summed E-state index contributed by atoms with van der Waals surface area (Å²) in [5, 5.41) is 0. The molecule has 0 heterocycles. The Labute approximate surface area is 125 Å². The molecule has 0 bridgehead atoms. The number of sulfonamides is 1. The van der Waals surface area contributed by atoms with Gasteiger partial charge in [0, 0.05) is 12.6 Å². The lowest BCUT2D eigenvalue weighted by molar-refractivity contribution is 0.401. The van der Waals surface area contributed by atoms with Crippen molar-refractivity contribution in [2.75, 3.05) is 19.1 Å². The Morgan fingerprint density at radius 2 is 2.15 bits per heavy atom. The van der Waals surface area contributed by atoms with Gasteiger partial charge in [-0.2, -0.15) is 11.8 Å². The molecular weight excluding hydrogens is 296 g/mol. The quantitative estimate of drug-likeness (QED) is 0.760. The first-order valence-corrected chi connectivity index (χ1v) is 9.20. The maximum atomic E-state index is 12.4. The van der Waals surface area contributed by atoms with E-state index in [9.17, 15) is 8.42 Å². The van der Waals surface area contributed by atoms with Gasteiger partial charge in [-0.25, -0.2) is 13.1 Å². The molecule has 0 saturated carbocycles. The van der Waals surface area contributed by atoms with Gasteiger partial charge in [-0.3, -0.25) is 0 Å². The van der Waals surface area contributed by atoms with Crippen LogP contribution < -0.4 is 15.2 Å². The number of nitrogens with two attached hydrogens (primary N) is 1. The molecule has 0 aliphatic heterocycles. The summed E-state index contributed by atoms with van der Waals surface area (Å²) in [7, 11) is -2.15. The minimum Gasteiger partial charge on any atom is -0.495 e. The van der Waals surface area contributed by atoms with Crippen molar-refractivity contribution in [1.82, 2.24) is 4.72 Å². The number of hydrogen-bond donors (Lipinski definition) is 2. The topological polar surface area (TPSA) is 81.4 Å². The summed E-state index contributed by atoms with van der Waals surface area (Å²) in [4.78, 5) is 0.138. The Morgan fingerprint density at radius 3 is 2.70 bits per heavy atom. The van der Waals surface area contributed by atoms with Crippen LogP contribution in [-0.2, 0) is 16.6 Å². The summed E-state index contributed by atoms with van der Waals surface area (Å²) >= 11 is 1.69. The van der Waals surface area contributed by atoms with Crippen LogP contribution in [0, 0.1) is 0 Å². The Bertz CT molecular complexity index is 532. The van der Waals surface area contributed by atoms with E-state index in [1.165, 1.54) is 7.11 Å². The first-order valence-electron chi connectivity index (χ1n) is 6.32. The molecule has 0 spiro atoms. The Kier molecular flexibility index (Phi) is 6.81. The number of benzene rings is 1. The molecule has 5 nitrogen and oxygen atoms in total. The van der Waals surface area contributed by atoms with E-state index in [-0.39, 0.29) is 17.5 Å². The van der Waals surface area contributed by atoms with Crippen molar-refractivity contribution >= 4 is 21.8 Å². The number of nitrogens with one attached hydrogen (secondary N) is 1. The zero-order valence-corrected chi connectivity index (χ0v) is 13.7. The lowest BCUT2D eigenvalue weighted by Gasteiger charge is -2.16. The van der Waals surface area contributed by atoms with E-state index in [4.69, 9.17) is 10.5 Å². The largest absolute Gasteiger partial charge is 0.495 e. The van der Waals surface area contributed by atoms with Crippen molar-refractivity contribution in [3.63, 3.8) is 0 Å². The molecule has 3 N–H and O–H groups in total. The first-order chi connectivity index (χ1) is 9.44. The fourth-order valence-corrected chi connectivity index (χ4v) is 3.83. The molecule has 0 radical (unpaired) electrons. The van der Waals surface area contributed by atoms with Crippen LogP contribution in [0.4, 0.5) is 0 Å². The van der Waals surface area contributed by atoms with Gasteiger partial charge in [-0.15, -0.1) is 0 Å². The summed E-state index contributed by atoms with van der Waals surface area (Å²) in [6.07, 6.45) is 2.77. The monoisotopic (exact) mass is 318 g/mol. The van der Waals surface area contributed by atoms with Crippen LogP contribution in [0.3, 0.4) is 0 Å². The van der Waals surface area contributed by atoms with Crippen molar-refractivity contribution < 1.29 is 13.2 Å². The lowest BCUT2D eigenvalue weighted by Crippen LogP contribution is -2.33. The average molecular weight is 318 g/mol. The number of hydrogen-bond acceptors (Lipinski definition) is 5. The van der Waals surface area contributed by atoms with Gasteiger partial charge in [0.25, 0.3) is 0 Å². The van der Waals surface area contributed by atoms with Crippen molar-refractivity contribution in [3.05, 3.63) is 23.8 Å². The van der Waals surface area contributed by atoms with E-state index in [0.29, 0.717) is 5.75 Å². The molecule has 0 saturated heterocycles. The van der Waals surface area contributed by atoms with E-state index in [2.05, 4.69) is 4.72 Å². The standard InChI is InChI=1S/C13H22N2O3S2/c1-10(6-7-19-3)15-20(16,17)13-8-11(9-14)4-5-12(13)18-2/h4-5,8,10,15H,6-7,9,14H2,1-3H3. The molecule has 20 heavy (non-hydrogen) atoms. The smallest absolute Gasteiger partial charge is 0.244 e. The fourth-order valence-electron chi connectivity index (χ4n) is 1.74. The van der Waals surface area contributed by atoms with Crippen LogP contribution in [0.5, 0.6) is 5.75 Å². The van der Waals surface area contributed by atoms with Crippen LogP contribution in [0.1, 0.15) is 18.9 Å². The number of rotatable bonds is 8. The van der Waals surface area contributed by atoms with Crippen LogP contribution in [0.15, 0.2) is 23.1 Å². The third kappa shape index (κ3) is 4.66. The first kappa shape index (κ1) is 17.3. The summed E-state index contributed by atoms with van der Waals surface area (Å²) in [6, 6.07) is 4.82. The molecule has 0 aliphatic carbocycles. The lowest BCUT2D eigenvalue weighted by atomic mass is 10.2. The maximum absolute atomic E-state index is 12.4. The van der Waals surface area contributed by atoms with Gasteiger partial charge in [0.1, 0.15) is 10.6 Å². The third-order valence-electron chi connectivity index (χ3n) is 2.86. The van der Waals surface area contributed by atoms with Crippen LogP contribution in [0.25, 0.3) is 0 Å². The van der Waals surface area contributed by atoms with Gasteiger partial charge in [0.15, 0.2) is 0 Å². The molecule has 7 heteroatoms. The minimum absolute atomic E-state index is 0.126. The second-order valence-electron chi connectivity index (χ2n) is 4.49. The Hall–Kier alpha value is -0.760.